The van der Waals surface area contributed by atoms with E-state index in [9.17, 15) is 4.79 Å². The number of nitrogens with one attached hydrogen (secondary N) is 1. The van der Waals surface area contributed by atoms with Gasteiger partial charge in [0.25, 0.3) is 0 Å². The average Bonchev–Trinajstić information content (AvgIpc) is 3.28. The third-order valence-corrected chi connectivity index (χ3v) is 4.94. The Hall–Kier alpha value is -2.08. The highest BCUT2D eigenvalue weighted by Gasteiger charge is 2.26. The van der Waals surface area contributed by atoms with Crippen molar-refractivity contribution in [1.82, 2.24) is 20.0 Å². The van der Waals surface area contributed by atoms with E-state index in [0.717, 1.165) is 35.8 Å². The van der Waals surface area contributed by atoms with Gasteiger partial charge in [-0.2, -0.15) is 5.10 Å². The summed E-state index contributed by atoms with van der Waals surface area (Å²) in [5.41, 5.74) is 2.99. The Morgan fingerprint density at radius 2 is 2.12 bits per heavy atom. The largest absolute Gasteiger partial charge is 0.468 e. The van der Waals surface area contributed by atoms with E-state index < -0.39 is 0 Å². The van der Waals surface area contributed by atoms with Crippen LogP contribution in [-0.2, 0) is 18.3 Å². The lowest BCUT2D eigenvalue weighted by atomic mass is 10.1. The summed E-state index contributed by atoms with van der Waals surface area (Å²) in [6.45, 7) is 6.64. The molecule has 0 aliphatic carbocycles. The number of aromatic nitrogens is 2. The molecule has 3 rings (SSSR count). The molecule has 0 bridgehead atoms. The van der Waals surface area contributed by atoms with Gasteiger partial charge < -0.3 is 9.73 Å². The molecule has 1 fully saturated rings. The lowest BCUT2D eigenvalue weighted by molar-refractivity contribution is -0.120. The maximum atomic E-state index is 12.4. The van der Waals surface area contributed by atoms with Crippen molar-refractivity contribution in [1.29, 1.82) is 0 Å². The molecule has 1 amide bonds. The fourth-order valence-corrected chi connectivity index (χ4v) is 3.45. The Balaban J connectivity index is 1.63. The molecule has 6 heteroatoms. The first-order valence-corrected chi connectivity index (χ1v) is 8.59. The Kier molecular flexibility index (Phi) is 5.04. The van der Waals surface area contributed by atoms with Gasteiger partial charge in [-0.05, 0) is 51.9 Å². The molecular weight excluding hydrogens is 304 g/mol. The number of hydrogen-bond donors (Lipinski definition) is 1. The summed E-state index contributed by atoms with van der Waals surface area (Å²) in [6.07, 6.45) is 4.48. The molecule has 24 heavy (non-hydrogen) atoms. The molecule has 2 aromatic heterocycles. The molecule has 1 saturated heterocycles. The Labute approximate surface area is 142 Å². The number of rotatable bonds is 6. The van der Waals surface area contributed by atoms with Gasteiger partial charge in [0.2, 0.25) is 5.91 Å². The van der Waals surface area contributed by atoms with Crippen molar-refractivity contribution in [3.63, 3.8) is 0 Å². The first-order chi connectivity index (χ1) is 11.6. The fourth-order valence-electron chi connectivity index (χ4n) is 3.45. The molecule has 1 aliphatic rings. The number of nitrogens with zero attached hydrogens (tertiary/aromatic N) is 3. The second-order valence-corrected chi connectivity index (χ2v) is 6.53. The monoisotopic (exact) mass is 330 g/mol. The molecule has 3 heterocycles. The SMILES string of the molecule is Cc1nn(C)c(C)c1CC(=O)NC[C@@H](c1ccco1)N1CCCC1. The van der Waals surface area contributed by atoms with Crippen LogP contribution in [0.2, 0.25) is 0 Å². The first-order valence-electron chi connectivity index (χ1n) is 8.59. The highest BCUT2D eigenvalue weighted by atomic mass is 16.3. The zero-order valence-electron chi connectivity index (χ0n) is 14.7. The smallest absolute Gasteiger partial charge is 0.224 e. The molecule has 1 atom stereocenters. The number of hydrogen-bond acceptors (Lipinski definition) is 4. The van der Waals surface area contributed by atoms with Crippen molar-refractivity contribution in [3.8, 4) is 0 Å². The second-order valence-electron chi connectivity index (χ2n) is 6.53. The normalized spacial score (nSPS) is 16.5. The Bertz CT molecular complexity index is 684. The van der Waals surface area contributed by atoms with E-state index in [1.165, 1.54) is 12.8 Å². The van der Waals surface area contributed by atoms with Crippen LogP contribution in [0.15, 0.2) is 22.8 Å². The molecule has 0 radical (unpaired) electrons. The first kappa shape index (κ1) is 16.8. The summed E-state index contributed by atoms with van der Waals surface area (Å²) in [4.78, 5) is 14.8. The number of furan rings is 1. The summed E-state index contributed by atoms with van der Waals surface area (Å²) < 4.78 is 7.42. The minimum Gasteiger partial charge on any atom is -0.468 e. The van der Waals surface area contributed by atoms with Crippen LogP contribution in [0.4, 0.5) is 0 Å². The summed E-state index contributed by atoms with van der Waals surface area (Å²) >= 11 is 0. The van der Waals surface area contributed by atoms with Gasteiger partial charge in [0.05, 0.1) is 24.4 Å². The molecule has 0 spiro atoms. The highest BCUT2D eigenvalue weighted by molar-refractivity contribution is 5.79. The number of aryl methyl sites for hydroxylation is 2. The van der Waals surface area contributed by atoms with Crippen LogP contribution in [0, 0.1) is 13.8 Å². The molecule has 1 aliphatic heterocycles. The third kappa shape index (κ3) is 3.53. The Morgan fingerprint density at radius 1 is 1.38 bits per heavy atom. The second kappa shape index (κ2) is 7.21. The van der Waals surface area contributed by atoms with E-state index >= 15 is 0 Å². The predicted molar refractivity (Wildman–Crippen MR) is 91.7 cm³/mol. The van der Waals surface area contributed by atoms with Crippen LogP contribution in [0.1, 0.15) is 41.6 Å². The lowest BCUT2D eigenvalue weighted by Crippen LogP contribution is -2.37. The van der Waals surface area contributed by atoms with Crippen molar-refractivity contribution >= 4 is 5.91 Å². The fraction of sp³-hybridized carbons (Fsp3) is 0.556. The minimum atomic E-state index is 0.0324. The molecule has 0 unspecified atom stereocenters. The van der Waals surface area contributed by atoms with Gasteiger partial charge in [-0.3, -0.25) is 14.4 Å². The zero-order valence-corrected chi connectivity index (χ0v) is 14.7. The number of likely N-dealkylation sites (tertiary alicyclic amines) is 1. The van der Waals surface area contributed by atoms with Crippen LogP contribution in [0.25, 0.3) is 0 Å². The molecule has 0 aromatic carbocycles. The summed E-state index contributed by atoms with van der Waals surface area (Å²) in [5, 5.41) is 7.46. The van der Waals surface area contributed by atoms with Crippen LogP contribution in [0.3, 0.4) is 0 Å². The van der Waals surface area contributed by atoms with E-state index in [4.69, 9.17) is 4.42 Å². The van der Waals surface area contributed by atoms with E-state index in [-0.39, 0.29) is 11.9 Å². The zero-order chi connectivity index (χ0) is 17.1. The van der Waals surface area contributed by atoms with Crippen LogP contribution in [-0.4, -0.2) is 40.2 Å². The number of carbonyl (C=O) groups excluding carboxylic acids is 1. The Morgan fingerprint density at radius 3 is 2.71 bits per heavy atom. The summed E-state index contributed by atoms with van der Waals surface area (Å²) in [6, 6.07) is 4.01. The van der Waals surface area contributed by atoms with E-state index in [1.54, 1.807) is 6.26 Å². The summed E-state index contributed by atoms with van der Waals surface area (Å²) in [7, 11) is 1.91. The van der Waals surface area contributed by atoms with E-state index in [1.807, 2.05) is 37.7 Å². The molecule has 1 N–H and O–H groups in total. The highest BCUT2D eigenvalue weighted by Crippen LogP contribution is 2.25. The lowest BCUT2D eigenvalue weighted by Gasteiger charge is -2.26. The number of carbonyl (C=O) groups is 1. The van der Waals surface area contributed by atoms with Crippen LogP contribution < -0.4 is 5.32 Å². The van der Waals surface area contributed by atoms with Gasteiger partial charge in [0.1, 0.15) is 5.76 Å². The van der Waals surface area contributed by atoms with E-state index in [0.29, 0.717) is 13.0 Å². The third-order valence-electron chi connectivity index (χ3n) is 4.94. The van der Waals surface area contributed by atoms with E-state index in [2.05, 4.69) is 15.3 Å². The maximum Gasteiger partial charge on any atom is 0.224 e. The van der Waals surface area contributed by atoms with Crippen LogP contribution >= 0.6 is 0 Å². The summed E-state index contributed by atoms with van der Waals surface area (Å²) in [5.74, 6) is 0.955. The van der Waals surface area contributed by atoms with Gasteiger partial charge in [-0.15, -0.1) is 0 Å². The van der Waals surface area contributed by atoms with Crippen molar-refractivity contribution in [3.05, 3.63) is 41.1 Å². The predicted octanol–water partition coefficient (Wildman–Crippen LogP) is 2.13. The van der Waals surface area contributed by atoms with Crippen molar-refractivity contribution in [2.24, 2.45) is 7.05 Å². The molecular formula is C18H26N4O2. The van der Waals surface area contributed by atoms with Gasteiger partial charge in [-0.25, -0.2) is 0 Å². The molecule has 6 nitrogen and oxygen atoms in total. The maximum absolute atomic E-state index is 12.4. The average molecular weight is 330 g/mol. The standard InChI is InChI=1S/C18H26N4O2/c1-13-15(14(2)21(3)20-13)11-18(23)19-12-16(17-7-6-10-24-17)22-8-4-5-9-22/h6-7,10,16H,4-5,8-9,11-12H2,1-3H3,(H,19,23)/t16-/m0/s1. The molecule has 0 saturated carbocycles. The topological polar surface area (TPSA) is 63.3 Å². The van der Waals surface area contributed by atoms with Crippen molar-refractivity contribution in [2.45, 2.75) is 39.2 Å². The van der Waals surface area contributed by atoms with Crippen LogP contribution in [0.5, 0.6) is 0 Å². The molecule has 2 aromatic rings. The van der Waals surface area contributed by atoms with Gasteiger partial charge in [0, 0.05) is 24.8 Å². The quantitative estimate of drug-likeness (QED) is 0.881. The van der Waals surface area contributed by atoms with Gasteiger partial charge in [0.15, 0.2) is 0 Å². The number of amides is 1. The minimum absolute atomic E-state index is 0.0324. The molecule has 130 valence electrons. The van der Waals surface area contributed by atoms with Gasteiger partial charge in [-0.1, -0.05) is 0 Å². The van der Waals surface area contributed by atoms with Crippen molar-refractivity contribution in [2.75, 3.05) is 19.6 Å². The van der Waals surface area contributed by atoms with Gasteiger partial charge >= 0.3 is 0 Å². The van der Waals surface area contributed by atoms with Crippen molar-refractivity contribution < 1.29 is 9.21 Å².